The van der Waals surface area contributed by atoms with Gasteiger partial charge in [-0.1, -0.05) is 62.4 Å². The van der Waals surface area contributed by atoms with Crippen molar-refractivity contribution in [2.45, 2.75) is 25.8 Å². The van der Waals surface area contributed by atoms with Crippen molar-refractivity contribution in [1.82, 2.24) is 0 Å². The summed E-state index contributed by atoms with van der Waals surface area (Å²) in [6, 6.07) is 17.4. The van der Waals surface area contributed by atoms with E-state index in [9.17, 15) is 18.0 Å². The maximum absolute atomic E-state index is 13.5. The number of rotatable bonds is 6. The minimum Gasteiger partial charge on any atom is -0.461 e. The molecular formula is C22H20ClF3O2. The highest BCUT2D eigenvalue weighted by atomic mass is 35.5. The van der Waals surface area contributed by atoms with Crippen molar-refractivity contribution < 1.29 is 22.7 Å². The van der Waals surface area contributed by atoms with Crippen molar-refractivity contribution in [3.8, 4) is 11.1 Å². The van der Waals surface area contributed by atoms with Crippen molar-refractivity contribution in [2.75, 3.05) is 0 Å². The monoisotopic (exact) mass is 408 g/mol. The molecular weight excluding hydrogens is 389 g/mol. The third-order valence-corrected chi connectivity index (χ3v) is 5.36. The number of carbonyl (C=O) groups excluding carboxylic acids is 1. The van der Waals surface area contributed by atoms with E-state index in [0.29, 0.717) is 0 Å². The van der Waals surface area contributed by atoms with Crippen LogP contribution in [0.5, 0.6) is 0 Å². The topological polar surface area (TPSA) is 26.3 Å². The van der Waals surface area contributed by atoms with E-state index in [0.717, 1.165) is 22.8 Å². The summed E-state index contributed by atoms with van der Waals surface area (Å²) in [5.74, 6) is -3.64. The molecule has 0 aromatic heterocycles. The molecule has 0 radical (unpaired) electrons. The van der Waals surface area contributed by atoms with Gasteiger partial charge >= 0.3 is 11.4 Å². The van der Waals surface area contributed by atoms with E-state index in [1.54, 1.807) is 13.8 Å². The predicted octanol–water partition coefficient (Wildman–Crippen LogP) is 6.35. The van der Waals surface area contributed by atoms with Crippen LogP contribution in [0.15, 0.2) is 66.5 Å². The Kier molecular flexibility index (Phi) is 5.57. The lowest BCUT2D eigenvalue weighted by atomic mass is 10.0. The molecule has 2 nitrogen and oxygen atoms in total. The summed E-state index contributed by atoms with van der Waals surface area (Å²) in [6.45, 7) is 3.46. The summed E-state index contributed by atoms with van der Waals surface area (Å²) in [5, 5.41) is -4.06. The molecule has 6 heteroatoms. The van der Waals surface area contributed by atoms with Gasteiger partial charge in [0.2, 0.25) is 0 Å². The molecule has 2 atom stereocenters. The minimum absolute atomic E-state index is 0.0523. The summed E-state index contributed by atoms with van der Waals surface area (Å²) < 4.78 is 44.5. The zero-order valence-corrected chi connectivity index (χ0v) is 16.2. The Morgan fingerprint density at radius 1 is 1.14 bits per heavy atom. The highest BCUT2D eigenvalue weighted by Crippen LogP contribution is 2.60. The standard InChI is InChI=1S/C22H20ClF3O2/c1-21(2)17(12-18(24)22(23,25)26)19(21)20(27)28-13-14-7-6-10-16(11-14)15-8-4-3-5-9-15/h3-12,17,19H,13H2,1-2H3/b18-12-. The summed E-state index contributed by atoms with van der Waals surface area (Å²) >= 11 is 4.69. The maximum Gasteiger partial charge on any atom is 0.373 e. The first-order valence-corrected chi connectivity index (χ1v) is 9.24. The van der Waals surface area contributed by atoms with Gasteiger partial charge in [-0.15, -0.1) is 0 Å². The molecule has 28 heavy (non-hydrogen) atoms. The van der Waals surface area contributed by atoms with Gasteiger partial charge < -0.3 is 4.74 Å². The van der Waals surface area contributed by atoms with Gasteiger partial charge in [-0.05, 0) is 51.8 Å². The highest BCUT2D eigenvalue weighted by molar-refractivity contribution is 6.23. The second-order valence-corrected chi connectivity index (χ2v) is 7.99. The van der Waals surface area contributed by atoms with Crippen LogP contribution in [0.4, 0.5) is 13.2 Å². The third kappa shape index (κ3) is 4.41. The van der Waals surface area contributed by atoms with Crippen LogP contribution in [-0.4, -0.2) is 11.4 Å². The molecule has 0 N–H and O–H groups in total. The average molecular weight is 409 g/mol. The molecule has 0 heterocycles. The van der Waals surface area contributed by atoms with Crippen molar-refractivity contribution >= 4 is 17.6 Å². The average Bonchev–Trinajstić information content (AvgIpc) is 3.20. The molecule has 3 rings (SSSR count). The highest BCUT2D eigenvalue weighted by Gasteiger charge is 2.62. The Morgan fingerprint density at radius 3 is 2.43 bits per heavy atom. The summed E-state index contributed by atoms with van der Waals surface area (Å²) in [6.07, 6.45) is 0.731. The molecule has 0 saturated heterocycles. The Morgan fingerprint density at radius 2 is 1.79 bits per heavy atom. The SMILES string of the molecule is CC1(C)C(/C=C(\F)C(F)(F)Cl)C1C(=O)OCc1cccc(-c2ccccc2)c1. The van der Waals surface area contributed by atoms with Crippen LogP contribution in [0, 0.1) is 17.3 Å². The molecule has 0 amide bonds. The van der Waals surface area contributed by atoms with E-state index in [1.165, 1.54) is 0 Å². The second kappa shape index (κ2) is 7.63. The number of hydrogen-bond acceptors (Lipinski definition) is 2. The number of halogens is 4. The predicted molar refractivity (Wildman–Crippen MR) is 102 cm³/mol. The van der Waals surface area contributed by atoms with Crippen LogP contribution in [0.1, 0.15) is 19.4 Å². The first-order valence-electron chi connectivity index (χ1n) is 8.86. The van der Waals surface area contributed by atoms with Gasteiger partial charge in [0, 0.05) is 0 Å². The molecule has 1 fully saturated rings. The largest absolute Gasteiger partial charge is 0.461 e. The lowest BCUT2D eigenvalue weighted by Crippen LogP contribution is -2.11. The van der Waals surface area contributed by atoms with Crippen LogP contribution in [0.25, 0.3) is 11.1 Å². The number of ether oxygens (including phenoxy) is 1. The molecule has 1 aliphatic rings. The Labute approximate surface area is 167 Å². The fraction of sp³-hybridized carbons (Fsp3) is 0.318. The zero-order chi connectivity index (χ0) is 20.5. The maximum atomic E-state index is 13.5. The van der Waals surface area contributed by atoms with Crippen LogP contribution in [0.2, 0.25) is 0 Å². The number of hydrogen-bond donors (Lipinski definition) is 0. The molecule has 2 aromatic carbocycles. The van der Waals surface area contributed by atoms with Gasteiger partial charge in [0.05, 0.1) is 5.92 Å². The molecule has 1 aliphatic carbocycles. The van der Waals surface area contributed by atoms with Crippen molar-refractivity contribution in [1.29, 1.82) is 0 Å². The molecule has 2 aromatic rings. The zero-order valence-electron chi connectivity index (χ0n) is 15.5. The molecule has 0 spiro atoms. The van der Waals surface area contributed by atoms with Crippen LogP contribution in [-0.2, 0) is 16.1 Å². The number of esters is 1. The van der Waals surface area contributed by atoms with E-state index >= 15 is 0 Å². The fourth-order valence-corrected chi connectivity index (χ4v) is 3.47. The number of carbonyl (C=O) groups is 1. The molecule has 0 bridgehead atoms. The molecule has 0 aliphatic heterocycles. The second-order valence-electron chi connectivity index (χ2n) is 7.51. The van der Waals surface area contributed by atoms with Crippen LogP contribution < -0.4 is 0 Å². The normalized spacial score (nSPS) is 21.3. The molecule has 148 valence electrons. The summed E-state index contributed by atoms with van der Waals surface area (Å²) in [7, 11) is 0. The van der Waals surface area contributed by atoms with E-state index in [1.807, 2.05) is 54.6 Å². The van der Waals surface area contributed by atoms with Gasteiger partial charge in [0.15, 0.2) is 5.83 Å². The lowest BCUT2D eigenvalue weighted by Gasteiger charge is -2.08. The Bertz CT molecular complexity index is 888. The summed E-state index contributed by atoms with van der Waals surface area (Å²) in [4.78, 5) is 12.4. The van der Waals surface area contributed by atoms with Gasteiger partial charge in [-0.2, -0.15) is 8.78 Å². The molecule has 2 unspecified atom stereocenters. The number of benzene rings is 2. The van der Waals surface area contributed by atoms with E-state index < -0.39 is 34.4 Å². The first kappa shape index (κ1) is 20.5. The number of alkyl halides is 3. The van der Waals surface area contributed by atoms with E-state index in [2.05, 4.69) is 11.6 Å². The van der Waals surface area contributed by atoms with Crippen molar-refractivity contribution in [2.24, 2.45) is 17.3 Å². The smallest absolute Gasteiger partial charge is 0.373 e. The van der Waals surface area contributed by atoms with Crippen molar-refractivity contribution in [3.05, 3.63) is 72.1 Å². The minimum atomic E-state index is -4.06. The molecule has 1 saturated carbocycles. The van der Waals surface area contributed by atoms with Gasteiger partial charge in [-0.25, -0.2) is 4.39 Å². The third-order valence-electron chi connectivity index (χ3n) is 5.18. The van der Waals surface area contributed by atoms with Crippen LogP contribution in [0.3, 0.4) is 0 Å². The Balaban J connectivity index is 1.65. The van der Waals surface area contributed by atoms with Gasteiger partial charge in [-0.3, -0.25) is 4.79 Å². The Hall–Kier alpha value is -2.27. The van der Waals surface area contributed by atoms with Gasteiger partial charge in [0.1, 0.15) is 6.61 Å². The van der Waals surface area contributed by atoms with E-state index in [-0.39, 0.29) is 6.61 Å². The van der Waals surface area contributed by atoms with Gasteiger partial charge in [0.25, 0.3) is 0 Å². The fourth-order valence-electron chi connectivity index (χ4n) is 3.41. The van der Waals surface area contributed by atoms with Crippen LogP contribution >= 0.6 is 11.6 Å². The summed E-state index contributed by atoms with van der Waals surface area (Å²) in [5.41, 5.74) is 2.18. The van der Waals surface area contributed by atoms with Crippen molar-refractivity contribution in [3.63, 3.8) is 0 Å². The number of allylic oxidation sites excluding steroid dienone is 2. The quantitative estimate of drug-likeness (QED) is 0.411. The lowest BCUT2D eigenvalue weighted by molar-refractivity contribution is -0.147. The van der Waals surface area contributed by atoms with E-state index in [4.69, 9.17) is 4.74 Å². The first-order chi connectivity index (χ1) is 13.1.